The summed E-state index contributed by atoms with van der Waals surface area (Å²) in [6.07, 6.45) is -1.02. The molecule has 4 unspecified atom stereocenters. The number of sulfonamides is 1. The smallest absolute Gasteiger partial charge is 0.249 e. The summed E-state index contributed by atoms with van der Waals surface area (Å²) in [5.74, 6) is 0.190. The Bertz CT molecular complexity index is 1100. The van der Waals surface area contributed by atoms with Gasteiger partial charge in [-0.25, -0.2) is 8.42 Å². The minimum Gasteiger partial charge on any atom is -0.497 e. The van der Waals surface area contributed by atoms with Gasteiger partial charge in [-0.2, -0.15) is 4.31 Å². The number of methoxy groups -OCH3 is 1. The Morgan fingerprint density at radius 1 is 1.11 bits per heavy atom. The van der Waals surface area contributed by atoms with E-state index in [1.807, 2.05) is 44.2 Å². The van der Waals surface area contributed by atoms with Gasteiger partial charge in [0.05, 0.1) is 36.9 Å². The highest BCUT2D eigenvalue weighted by Gasteiger charge is 2.32. The summed E-state index contributed by atoms with van der Waals surface area (Å²) in [6, 6.07) is 14.9. The Morgan fingerprint density at radius 3 is 2.37 bits per heavy atom. The first-order valence-corrected chi connectivity index (χ1v) is 14.4. The van der Waals surface area contributed by atoms with Gasteiger partial charge in [0.2, 0.25) is 15.9 Å². The lowest BCUT2D eigenvalue weighted by atomic mass is 10.0. The van der Waals surface area contributed by atoms with Crippen molar-refractivity contribution in [3.8, 4) is 5.75 Å². The van der Waals surface area contributed by atoms with Crippen molar-refractivity contribution >= 4 is 15.9 Å². The number of ether oxygens (including phenoxy) is 3. The fourth-order valence-corrected chi connectivity index (χ4v) is 5.95. The van der Waals surface area contributed by atoms with Crippen LogP contribution in [0.5, 0.6) is 5.75 Å². The van der Waals surface area contributed by atoms with Crippen molar-refractivity contribution in [3.63, 3.8) is 0 Å². The van der Waals surface area contributed by atoms with Crippen molar-refractivity contribution in [2.75, 3.05) is 33.4 Å². The summed E-state index contributed by atoms with van der Waals surface area (Å²) in [4.78, 5) is 13.2. The zero-order valence-electron chi connectivity index (χ0n) is 22.6. The van der Waals surface area contributed by atoms with Crippen LogP contribution in [0.1, 0.15) is 32.8 Å². The maximum Gasteiger partial charge on any atom is 0.249 e. The van der Waals surface area contributed by atoms with Crippen molar-refractivity contribution in [1.82, 2.24) is 9.62 Å². The van der Waals surface area contributed by atoms with E-state index in [1.165, 1.54) is 23.5 Å². The molecule has 210 valence electrons. The number of nitrogens with zero attached hydrogens (tertiary/aromatic N) is 1. The number of aliphatic hydroxyl groups is 1. The van der Waals surface area contributed by atoms with Crippen LogP contribution in [-0.4, -0.2) is 81.5 Å². The number of hydrogen-bond acceptors (Lipinski definition) is 7. The van der Waals surface area contributed by atoms with E-state index in [2.05, 4.69) is 5.32 Å². The van der Waals surface area contributed by atoms with Crippen LogP contribution in [0, 0.1) is 5.92 Å². The minimum atomic E-state index is -3.92. The summed E-state index contributed by atoms with van der Waals surface area (Å²) < 4.78 is 44.7. The third kappa shape index (κ3) is 8.51. The van der Waals surface area contributed by atoms with Gasteiger partial charge in [0.15, 0.2) is 0 Å². The number of carbonyl (C=O) groups excluding carboxylic acids is 1. The second kappa shape index (κ2) is 14.0. The molecule has 38 heavy (non-hydrogen) atoms. The Morgan fingerprint density at radius 2 is 1.79 bits per heavy atom. The molecule has 10 heteroatoms. The average Bonchev–Trinajstić information content (AvgIpc) is 3.41. The molecule has 9 nitrogen and oxygen atoms in total. The number of hydrogen-bond donors (Lipinski definition) is 2. The number of nitrogens with one attached hydrogen (secondary N) is 1. The molecule has 2 aromatic carbocycles. The van der Waals surface area contributed by atoms with Crippen LogP contribution in [0.3, 0.4) is 0 Å². The minimum absolute atomic E-state index is 0.0134. The highest BCUT2D eigenvalue weighted by atomic mass is 32.2. The third-order valence-electron chi connectivity index (χ3n) is 6.40. The molecule has 1 amide bonds. The fraction of sp³-hybridized carbons (Fsp3) is 0.536. The van der Waals surface area contributed by atoms with Gasteiger partial charge < -0.3 is 24.6 Å². The fourth-order valence-electron chi connectivity index (χ4n) is 4.33. The van der Waals surface area contributed by atoms with Crippen molar-refractivity contribution in [3.05, 3.63) is 60.2 Å². The van der Waals surface area contributed by atoms with E-state index >= 15 is 0 Å². The maximum absolute atomic E-state index is 13.6. The van der Waals surface area contributed by atoms with Gasteiger partial charge in [0.1, 0.15) is 11.9 Å². The number of carbonyl (C=O) groups is 1. The van der Waals surface area contributed by atoms with E-state index in [4.69, 9.17) is 14.2 Å². The van der Waals surface area contributed by atoms with Crippen LogP contribution >= 0.6 is 0 Å². The molecule has 1 heterocycles. The van der Waals surface area contributed by atoms with Crippen molar-refractivity contribution in [1.29, 1.82) is 0 Å². The predicted molar refractivity (Wildman–Crippen MR) is 144 cm³/mol. The van der Waals surface area contributed by atoms with Crippen LogP contribution in [0.15, 0.2) is 59.5 Å². The van der Waals surface area contributed by atoms with E-state index in [0.717, 1.165) is 12.0 Å². The molecule has 1 fully saturated rings. The lowest BCUT2D eigenvalue weighted by Gasteiger charge is -2.31. The average molecular weight is 549 g/mol. The molecule has 0 bridgehead atoms. The molecule has 0 radical (unpaired) electrons. The Balaban J connectivity index is 1.80. The quantitative estimate of drug-likeness (QED) is 0.373. The molecule has 1 saturated heterocycles. The largest absolute Gasteiger partial charge is 0.497 e. The van der Waals surface area contributed by atoms with Gasteiger partial charge in [-0.15, -0.1) is 0 Å². The Labute approximate surface area is 226 Å². The topological polar surface area (TPSA) is 114 Å². The van der Waals surface area contributed by atoms with Gasteiger partial charge in [-0.1, -0.05) is 44.2 Å². The molecular weight excluding hydrogens is 508 g/mol. The molecule has 4 atom stereocenters. The number of aliphatic hydroxyl groups excluding tert-OH is 1. The maximum atomic E-state index is 13.6. The van der Waals surface area contributed by atoms with E-state index in [0.29, 0.717) is 25.4 Å². The first kappa shape index (κ1) is 30.0. The lowest BCUT2D eigenvalue weighted by molar-refractivity contribution is -0.137. The summed E-state index contributed by atoms with van der Waals surface area (Å²) in [5, 5.41) is 14.3. The summed E-state index contributed by atoms with van der Waals surface area (Å²) in [5.41, 5.74) is 0.906. The third-order valence-corrected chi connectivity index (χ3v) is 8.25. The van der Waals surface area contributed by atoms with Gasteiger partial charge >= 0.3 is 0 Å². The SMILES string of the molecule is COc1ccc(S(=O)(=O)N(CC(C)C)CC(O)C(Cc2ccccc2)NC(=O)C(C)OC2CCOC2)cc1. The molecule has 1 aliphatic rings. The molecule has 0 saturated carbocycles. The van der Waals surface area contributed by atoms with E-state index < -0.39 is 28.3 Å². The van der Waals surface area contributed by atoms with Crippen LogP contribution in [-0.2, 0) is 30.7 Å². The normalized spacial score (nSPS) is 18.3. The predicted octanol–water partition coefficient (Wildman–Crippen LogP) is 2.62. The molecule has 0 aromatic heterocycles. The van der Waals surface area contributed by atoms with Crippen molar-refractivity contribution < 1.29 is 32.5 Å². The molecule has 3 rings (SSSR count). The molecule has 0 aliphatic carbocycles. The first-order chi connectivity index (χ1) is 18.1. The molecule has 1 aliphatic heterocycles. The second-order valence-corrected chi connectivity index (χ2v) is 12.0. The summed E-state index contributed by atoms with van der Waals surface area (Å²) in [6.45, 7) is 6.56. The second-order valence-electron chi connectivity index (χ2n) is 10.0. The molecular formula is C28H40N2O7S. The zero-order chi connectivity index (χ0) is 27.7. The van der Waals surface area contributed by atoms with Crippen LogP contribution in [0.25, 0.3) is 0 Å². The molecule has 0 spiro atoms. The van der Waals surface area contributed by atoms with Crippen LogP contribution < -0.4 is 10.1 Å². The van der Waals surface area contributed by atoms with Crippen molar-refractivity contribution in [2.24, 2.45) is 5.92 Å². The highest BCUT2D eigenvalue weighted by molar-refractivity contribution is 7.89. The zero-order valence-corrected chi connectivity index (χ0v) is 23.4. The van der Waals surface area contributed by atoms with E-state index in [-0.39, 0.29) is 35.9 Å². The Kier molecular flexibility index (Phi) is 11.1. The first-order valence-electron chi connectivity index (χ1n) is 13.0. The summed E-state index contributed by atoms with van der Waals surface area (Å²) in [7, 11) is -2.40. The summed E-state index contributed by atoms with van der Waals surface area (Å²) >= 11 is 0. The standard InChI is InChI=1S/C28H40N2O7S/c1-20(2)17-30(38(33,34)25-12-10-23(35-4)11-13-25)18-27(31)26(16-22-8-6-5-7-9-22)29-28(32)21(3)37-24-14-15-36-19-24/h5-13,20-21,24,26-27,31H,14-19H2,1-4H3,(H,29,32). The van der Waals surface area contributed by atoms with Crippen LogP contribution in [0.2, 0.25) is 0 Å². The number of amides is 1. The van der Waals surface area contributed by atoms with Crippen LogP contribution in [0.4, 0.5) is 0 Å². The molecule has 2 aromatic rings. The van der Waals surface area contributed by atoms with E-state index in [9.17, 15) is 18.3 Å². The lowest BCUT2D eigenvalue weighted by Crippen LogP contribution is -2.53. The van der Waals surface area contributed by atoms with Crippen molar-refractivity contribution in [2.45, 2.75) is 62.9 Å². The van der Waals surface area contributed by atoms with Gasteiger partial charge in [-0.3, -0.25) is 4.79 Å². The number of rotatable bonds is 14. The highest BCUT2D eigenvalue weighted by Crippen LogP contribution is 2.22. The Hall–Kier alpha value is -2.50. The van der Waals surface area contributed by atoms with E-state index in [1.54, 1.807) is 19.1 Å². The van der Waals surface area contributed by atoms with Gasteiger partial charge in [-0.05, 0) is 55.5 Å². The molecule has 2 N–H and O–H groups in total. The number of benzene rings is 2. The van der Waals surface area contributed by atoms with Gasteiger partial charge in [0, 0.05) is 19.7 Å². The monoisotopic (exact) mass is 548 g/mol. The van der Waals surface area contributed by atoms with Gasteiger partial charge in [0.25, 0.3) is 0 Å².